The van der Waals surface area contributed by atoms with Crippen LogP contribution in [0.15, 0.2) is 48.5 Å². The van der Waals surface area contributed by atoms with Crippen LogP contribution in [0.2, 0.25) is 5.02 Å². The average molecular weight is 451 g/mol. The number of anilines is 2. The smallest absolute Gasteiger partial charge is 0.410 e. The molecule has 0 unspecified atom stereocenters. The summed E-state index contributed by atoms with van der Waals surface area (Å²) in [5, 5.41) is 19.5. The molecule has 1 amide bonds. The molecule has 2 heterocycles. The van der Waals surface area contributed by atoms with Gasteiger partial charge in [0.2, 0.25) is 0 Å². The molecule has 0 radical (unpaired) electrons. The van der Waals surface area contributed by atoms with Crippen molar-refractivity contribution in [1.29, 1.82) is 0 Å². The molecule has 162 valence electrons. The van der Waals surface area contributed by atoms with Gasteiger partial charge in [-0.1, -0.05) is 41.4 Å². The van der Waals surface area contributed by atoms with E-state index in [0.29, 0.717) is 5.56 Å². The largest absolute Gasteiger partial charge is 0.506 e. The van der Waals surface area contributed by atoms with Gasteiger partial charge in [-0.15, -0.1) is 0 Å². The predicted molar refractivity (Wildman–Crippen MR) is 111 cm³/mol. The lowest BCUT2D eigenvalue weighted by molar-refractivity contribution is -0.173. The summed E-state index contributed by atoms with van der Waals surface area (Å²) in [6.07, 6.45) is -4.82. The minimum absolute atomic E-state index is 0.0290. The summed E-state index contributed by atoms with van der Waals surface area (Å²) in [5.41, 5.74) is 1.52. The number of hydrogen-bond donors (Lipinski definition) is 3. The molecule has 2 atom stereocenters. The van der Waals surface area contributed by atoms with E-state index in [1.165, 1.54) is 24.3 Å². The minimum atomic E-state index is -4.55. The number of carbonyl (C=O) groups is 1. The second-order valence-corrected chi connectivity index (χ2v) is 7.81. The molecule has 0 bridgehead atoms. The lowest BCUT2D eigenvalue weighted by Crippen LogP contribution is -2.35. The summed E-state index contributed by atoms with van der Waals surface area (Å²) >= 11 is 5.86. The Balaban J connectivity index is 1.65. The highest BCUT2D eigenvalue weighted by molar-refractivity contribution is 6.31. The SMILES string of the molecule is Cc1ccc([C@H]2C[C@H](C(F)(F)F)n3nc(C(=O)Nc4cc(Cl)ccc4O)cc3N2)cc1. The number of amides is 1. The maximum Gasteiger partial charge on any atom is 0.410 e. The van der Waals surface area contributed by atoms with Gasteiger partial charge in [-0.2, -0.15) is 18.3 Å². The lowest BCUT2D eigenvalue weighted by atomic mass is 9.96. The minimum Gasteiger partial charge on any atom is -0.506 e. The molecule has 0 fully saturated rings. The Hall–Kier alpha value is -3.20. The van der Waals surface area contributed by atoms with Crippen molar-refractivity contribution in [3.8, 4) is 5.75 Å². The molecule has 3 aromatic rings. The molecular formula is C21H18ClF3N4O2. The summed E-state index contributed by atoms with van der Waals surface area (Å²) in [7, 11) is 0. The van der Waals surface area contributed by atoms with Gasteiger partial charge in [0, 0.05) is 17.5 Å². The number of nitrogens with zero attached hydrogens (tertiary/aromatic N) is 2. The van der Waals surface area contributed by atoms with Gasteiger partial charge in [0.05, 0.1) is 11.7 Å². The number of phenolic OH excluding ortho intramolecular Hbond substituents is 1. The number of aryl methyl sites for hydroxylation is 1. The third-order valence-electron chi connectivity index (χ3n) is 5.11. The molecule has 0 spiro atoms. The van der Waals surface area contributed by atoms with Crippen molar-refractivity contribution in [1.82, 2.24) is 9.78 Å². The zero-order valence-electron chi connectivity index (χ0n) is 16.2. The van der Waals surface area contributed by atoms with Crippen molar-refractivity contribution >= 4 is 29.0 Å². The van der Waals surface area contributed by atoms with E-state index in [-0.39, 0.29) is 34.4 Å². The number of halogens is 4. The number of fused-ring (bicyclic) bond motifs is 1. The van der Waals surface area contributed by atoms with E-state index in [0.717, 1.165) is 10.2 Å². The van der Waals surface area contributed by atoms with E-state index in [1.54, 1.807) is 12.1 Å². The monoisotopic (exact) mass is 450 g/mol. The Morgan fingerprint density at radius 1 is 1.23 bits per heavy atom. The second kappa shape index (κ2) is 7.81. The molecule has 1 aliphatic rings. The zero-order chi connectivity index (χ0) is 22.3. The first-order valence-corrected chi connectivity index (χ1v) is 9.79. The fourth-order valence-electron chi connectivity index (χ4n) is 3.50. The van der Waals surface area contributed by atoms with Crippen LogP contribution in [0.25, 0.3) is 0 Å². The van der Waals surface area contributed by atoms with Gasteiger partial charge in [-0.05, 0) is 30.7 Å². The van der Waals surface area contributed by atoms with Crippen LogP contribution in [-0.2, 0) is 0 Å². The van der Waals surface area contributed by atoms with E-state index in [4.69, 9.17) is 11.6 Å². The van der Waals surface area contributed by atoms with Gasteiger partial charge < -0.3 is 15.7 Å². The van der Waals surface area contributed by atoms with Crippen LogP contribution in [0.4, 0.5) is 24.7 Å². The number of carbonyl (C=O) groups excluding carboxylic acids is 1. The standard InChI is InChI=1S/C21H18ClF3N4O2/c1-11-2-4-12(5-3-11)14-9-18(21(23,24)25)29-19(26-14)10-16(28-29)20(31)27-15-8-13(22)6-7-17(15)30/h2-8,10,14,18,26,30H,9H2,1H3,(H,27,31)/t14-,18-/m1/s1. The quantitative estimate of drug-likeness (QED) is 0.463. The fraction of sp³-hybridized carbons (Fsp3) is 0.238. The van der Waals surface area contributed by atoms with Crippen molar-refractivity contribution in [2.75, 3.05) is 10.6 Å². The first-order valence-electron chi connectivity index (χ1n) is 9.41. The lowest BCUT2D eigenvalue weighted by Gasteiger charge is -2.33. The maximum atomic E-state index is 13.8. The molecule has 0 saturated heterocycles. The highest BCUT2D eigenvalue weighted by Gasteiger charge is 2.46. The molecule has 0 saturated carbocycles. The van der Waals surface area contributed by atoms with Crippen molar-refractivity contribution in [3.05, 3.63) is 70.4 Å². The van der Waals surface area contributed by atoms with Crippen molar-refractivity contribution in [2.24, 2.45) is 0 Å². The van der Waals surface area contributed by atoms with E-state index < -0.39 is 24.2 Å². The molecule has 1 aliphatic heterocycles. The van der Waals surface area contributed by atoms with Gasteiger partial charge in [0.1, 0.15) is 11.6 Å². The summed E-state index contributed by atoms with van der Waals surface area (Å²) in [6.45, 7) is 1.90. The normalized spacial score (nSPS) is 18.2. The second-order valence-electron chi connectivity index (χ2n) is 7.38. The van der Waals surface area contributed by atoms with Crippen LogP contribution >= 0.6 is 11.6 Å². The average Bonchev–Trinajstić information content (AvgIpc) is 3.14. The fourth-order valence-corrected chi connectivity index (χ4v) is 3.67. The Bertz CT molecular complexity index is 1130. The molecule has 2 aromatic carbocycles. The van der Waals surface area contributed by atoms with Crippen LogP contribution in [0, 0.1) is 6.92 Å². The molecule has 1 aromatic heterocycles. The van der Waals surface area contributed by atoms with E-state index in [1.807, 2.05) is 19.1 Å². The first-order chi connectivity index (χ1) is 14.6. The van der Waals surface area contributed by atoms with Gasteiger partial charge in [-0.25, -0.2) is 4.68 Å². The third-order valence-corrected chi connectivity index (χ3v) is 5.34. The van der Waals surface area contributed by atoms with Crippen molar-refractivity contribution < 1.29 is 23.1 Å². The predicted octanol–water partition coefficient (Wildman–Crippen LogP) is 5.46. The maximum absolute atomic E-state index is 13.8. The Morgan fingerprint density at radius 3 is 2.61 bits per heavy atom. The Morgan fingerprint density at radius 2 is 1.94 bits per heavy atom. The topological polar surface area (TPSA) is 79.2 Å². The van der Waals surface area contributed by atoms with Crippen LogP contribution < -0.4 is 10.6 Å². The third kappa shape index (κ3) is 4.32. The zero-order valence-corrected chi connectivity index (χ0v) is 17.0. The molecule has 6 nitrogen and oxygen atoms in total. The summed E-state index contributed by atoms with van der Waals surface area (Å²) in [5.74, 6) is -0.916. The molecule has 10 heteroatoms. The van der Waals surface area contributed by atoms with Crippen molar-refractivity contribution in [2.45, 2.75) is 31.6 Å². The van der Waals surface area contributed by atoms with Crippen molar-refractivity contribution in [3.63, 3.8) is 0 Å². The molecule has 3 N–H and O–H groups in total. The summed E-state index contributed by atoms with van der Waals surface area (Å²) < 4.78 is 42.2. The number of phenols is 1. The van der Waals surface area contributed by atoms with Gasteiger partial charge >= 0.3 is 6.18 Å². The highest BCUT2D eigenvalue weighted by atomic mass is 35.5. The number of nitrogens with one attached hydrogen (secondary N) is 2. The van der Waals surface area contributed by atoms with E-state index in [9.17, 15) is 23.1 Å². The van der Waals surface area contributed by atoms with Crippen LogP contribution in [0.3, 0.4) is 0 Å². The van der Waals surface area contributed by atoms with Gasteiger partial charge in [-0.3, -0.25) is 4.79 Å². The number of benzene rings is 2. The van der Waals surface area contributed by atoms with Crippen LogP contribution in [0.1, 0.15) is 40.1 Å². The summed E-state index contributed by atoms with van der Waals surface area (Å²) in [6, 6.07) is 10.1. The number of aromatic nitrogens is 2. The molecule has 31 heavy (non-hydrogen) atoms. The molecular weight excluding hydrogens is 433 g/mol. The number of hydrogen-bond acceptors (Lipinski definition) is 4. The van der Waals surface area contributed by atoms with E-state index in [2.05, 4.69) is 15.7 Å². The van der Waals surface area contributed by atoms with E-state index >= 15 is 0 Å². The van der Waals surface area contributed by atoms with Crippen LogP contribution in [-0.4, -0.2) is 27.0 Å². The number of alkyl halides is 3. The van der Waals surface area contributed by atoms with Gasteiger partial charge in [0.15, 0.2) is 11.7 Å². The van der Waals surface area contributed by atoms with Gasteiger partial charge in [0.25, 0.3) is 5.91 Å². The number of aromatic hydroxyl groups is 1. The van der Waals surface area contributed by atoms with Crippen LogP contribution in [0.5, 0.6) is 5.75 Å². The Labute approximate surface area is 180 Å². The Kier molecular flexibility index (Phi) is 5.30. The summed E-state index contributed by atoms with van der Waals surface area (Å²) in [4.78, 5) is 12.6. The first kappa shape index (κ1) is 21.0. The number of rotatable bonds is 3. The highest BCUT2D eigenvalue weighted by Crippen LogP contribution is 2.43. The molecule has 0 aliphatic carbocycles. The molecule has 4 rings (SSSR count).